The number of anilines is 2. The van der Waals surface area contributed by atoms with Gasteiger partial charge in [0, 0.05) is 22.2 Å². The average Bonchev–Trinajstić information content (AvgIpc) is 3.32. The predicted octanol–water partition coefficient (Wildman–Crippen LogP) is 2.19. The number of para-hydroxylation sites is 2. The molecule has 32 heavy (non-hydrogen) atoms. The molecule has 0 saturated carbocycles. The van der Waals surface area contributed by atoms with Gasteiger partial charge in [0.2, 0.25) is 0 Å². The van der Waals surface area contributed by atoms with E-state index in [0.29, 0.717) is 0 Å². The second kappa shape index (κ2) is 8.91. The zero-order valence-electron chi connectivity index (χ0n) is 17.3. The van der Waals surface area contributed by atoms with Crippen LogP contribution in [0.5, 0.6) is 0 Å². The van der Waals surface area contributed by atoms with Crippen molar-refractivity contribution in [3.63, 3.8) is 0 Å². The molecule has 0 radical (unpaired) electrons. The van der Waals surface area contributed by atoms with E-state index in [1.165, 1.54) is 10.8 Å². The number of carbonyl (C=O) groups is 1. The van der Waals surface area contributed by atoms with Crippen LogP contribution >= 0.6 is 0 Å². The number of benzene rings is 2. The molecule has 2 aromatic carbocycles. The minimum Gasteiger partial charge on any atom is -0.357 e. The van der Waals surface area contributed by atoms with Gasteiger partial charge in [-0.3, -0.25) is 4.79 Å². The minimum absolute atomic E-state index is 0.00105. The molecule has 0 fully saturated rings. The van der Waals surface area contributed by atoms with Crippen LogP contribution in [-0.4, -0.2) is 59.3 Å². The molecule has 2 aliphatic heterocycles. The third-order valence-electron chi connectivity index (χ3n) is 5.49. The van der Waals surface area contributed by atoms with Crippen molar-refractivity contribution in [2.45, 2.75) is 12.1 Å². The van der Waals surface area contributed by atoms with Crippen molar-refractivity contribution in [3.05, 3.63) is 83.6 Å². The molecule has 0 amide bonds. The molecule has 2 heterocycles. The zero-order chi connectivity index (χ0) is 22.8. The number of hydrogen-bond acceptors (Lipinski definition) is 7. The first kappa shape index (κ1) is 22.3. The van der Waals surface area contributed by atoms with Gasteiger partial charge in [-0.1, -0.05) is 36.4 Å². The number of Topliss-reactive ketones (excluding diaryl/α,β-unsaturated/α-hetero) is 1. The lowest BCUT2D eigenvalue weighted by molar-refractivity contribution is -0.116. The third kappa shape index (κ3) is 5.28. The van der Waals surface area contributed by atoms with Gasteiger partial charge in [-0.15, -0.1) is 0 Å². The maximum absolute atomic E-state index is 13.2. The Kier molecular flexibility index (Phi) is 6.21. The normalized spacial score (nSPS) is 22.6. The van der Waals surface area contributed by atoms with Crippen LogP contribution in [0.2, 0.25) is 0 Å². The maximum Gasteiger partial charge on any atom is 0.173 e. The zero-order valence-corrected chi connectivity index (χ0v) is 19.0. The summed E-state index contributed by atoms with van der Waals surface area (Å²) in [5, 5.41) is 2.39. The first-order valence-electron chi connectivity index (χ1n) is 10.2. The lowest BCUT2D eigenvalue weighted by atomic mass is 10.1. The standard InChI is InChI=1S/C23H24N2O5S2/c26-23(15-24(19-7-3-1-4-8-19)21-11-13-31(27,28)17-21)16-25(20-9-5-2-6-10-20)22-12-14-32(29,30)18-22/h1-14,21-22H,15-18H2/t21-,22-/m0/s1. The minimum atomic E-state index is -3.30. The average molecular weight is 473 g/mol. The van der Waals surface area contributed by atoms with Crippen LogP contribution in [0.15, 0.2) is 83.6 Å². The second-order valence-corrected chi connectivity index (χ2v) is 11.8. The van der Waals surface area contributed by atoms with Crippen molar-refractivity contribution in [1.29, 1.82) is 0 Å². The smallest absolute Gasteiger partial charge is 0.173 e. The number of hydrogen-bond donors (Lipinski definition) is 0. The van der Waals surface area contributed by atoms with Crippen LogP contribution in [0.3, 0.4) is 0 Å². The van der Waals surface area contributed by atoms with Gasteiger partial charge in [0.05, 0.1) is 36.7 Å². The number of rotatable bonds is 8. The van der Waals surface area contributed by atoms with Crippen molar-refractivity contribution in [2.24, 2.45) is 0 Å². The molecule has 0 bridgehead atoms. The van der Waals surface area contributed by atoms with Crippen molar-refractivity contribution in [1.82, 2.24) is 0 Å². The molecule has 9 heteroatoms. The first-order chi connectivity index (χ1) is 15.2. The van der Waals surface area contributed by atoms with Crippen LogP contribution in [0.25, 0.3) is 0 Å². The van der Waals surface area contributed by atoms with E-state index < -0.39 is 31.8 Å². The molecule has 2 aliphatic rings. The number of nitrogens with zero attached hydrogens (tertiary/aromatic N) is 2. The summed E-state index contributed by atoms with van der Waals surface area (Å²) in [4.78, 5) is 16.8. The Bertz CT molecular complexity index is 1140. The Labute approximate surface area is 188 Å². The largest absolute Gasteiger partial charge is 0.357 e. The highest BCUT2D eigenvalue weighted by molar-refractivity contribution is 7.94. The molecule has 0 unspecified atom stereocenters. The Balaban J connectivity index is 1.57. The Morgan fingerprint density at radius 3 is 1.38 bits per heavy atom. The summed E-state index contributed by atoms with van der Waals surface area (Å²) in [5.74, 6) is -0.310. The summed E-state index contributed by atoms with van der Waals surface area (Å²) in [6, 6.07) is 17.5. The van der Waals surface area contributed by atoms with Crippen molar-refractivity contribution in [3.8, 4) is 0 Å². The summed E-state index contributed by atoms with van der Waals surface area (Å²) >= 11 is 0. The molecular formula is C23H24N2O5S2. The molecule has 2 aromatic rings. The quantitative estimate of drug-likeness (QED) is 0.582. The lowest BCUT2D eigenvalue weighted by Crippen LogP contribution is -2.45. The van der Waals surface area contributed by atoms with Gasteiger partial charge < -0.3 is 9.80 Å². The summed E-state index contributed by atoms with van der Waals surface area (Å²) < 4.78 is 48.0. The highest BCUT2D eigenvalue weighted by atomic mass is 32.2. The van der Waals surface area contributed by atoms with Gasteiger partial charge in [-0.25, -0.2) is 16.8 Å². The Morgan fingerprint density at radius 1 is 0.688 bits per heavy atom. The molecule has 2 atom stereocenters. The second-order valence-electron chi connectivity index (χ2n) is 7.92. The molecule has 0 saturated heterocycles. The van der Waals surface area contributed by atoms with E-state index in [9.17, 15) is 21.6 Å². The Morgan fingerprint density at radius 2 is 1.06 bits per heavy atom. The molecule has 0 aliphatic carbocycles. The van der Waals surface area contributed by atoms with E-state index in [0.717, 1.165) is 11.4 Å². The molecule has 168 valence electrons. The summed E-state index contributed by atoms with van der Waals surface area (Å²) in [6.07, 6.45) is 3.22. The van der Waals surface area contributed by atoms with Crippen LogP contribution in [0.1, 0.15) is 0 Å². The van der Waals surface area contributed by atoms with Crippen LogP contribution in [0, 0.1) is 0 Å². The van der Waals surface area contributed by atoms with E-state index in [4.69, 9.17) is 0 Å². The van der Waals surface area contributed by atoms with Crippen LogP contribution < -0.4 is 9.80 Å². The van der Waals surface area contributed by atoms with Gasteiger partial charge in [0.25, 0.3) is 0 Å². The molecule has 0 aromatic heterocycles. The van der Waals surface area contributed by atoms with Gasteiger partial charge in [-0.05, 0) is 36.4 Å². The fourth-order valence-electron chi connectivity index (χ4n) is 3.98. The predicted molar refractivity (Wildman–Crippen MR) is 126 cm³/mol. The highest BCUT2D eigenvalue weighted by Crippen LogP contribution is 2.25. The first-order valence-corrected chi connectivity index (χ1v) is 13.6. The third-order valence-corrected chi connectivity index (χ3v) is 8.25. The molecule has 0 spiro atoms. The van der Waals surface area contributed by atoms with Crippen molar-refractivity contribution >= 4 is 36.8 Å². The topological polar surface area (TPSA) is 91.8 Å². The van der Waals surface area contributed by atoms with E-state index >= 15 is 0 Å². The summed E-state index contributed by atoms with van der Waals surface area (Å²) in [6.45, 7) is 0.00210. The number of sulfone groups is 2. The SMILES string of the molecule is O=C(CN(c1ccccc1)[C@H]1C=CS(=O)(=O)C1)CN(c1ccccc1)[C@H]1C=CS(=O)(=O)C1. The lowest BCUT2D eigenvalue weighted by Gasteiger charge is -2.32. The van der Waals surface area contributed by atoms with E-state index in [2.05, 4.69) is 0 Å². The number of ketones is 1. The van der Waals surface area contributed by atoms with Crippen molar-refractivity contribution < 1.29 is 21.6 Å². The van der Waals surface area contributed by atoms with E-state index in [1.54, 1.807) is 22.0 Å². The van der Waals surface area contributed by atoms with Gasteiger partial charge in [0.1, 0.15) is 0 Å². The molecule has 0 N–H and O–H groups in total. The van der Waals surface area contributed by atoms with Crippen molar-refractivity contribution in [2.75, 3.05) is 34.4 Å². The molecule has 7 nitrogen and oxygen atoms in total. The van der Waals surface area contributed by atoms with Crippen LogP contribution in [-0.2, 0) is 24.5 Å². The fraction of sp³-hybridized carbons (Fsp3) is 0.261. The molecule has 4 rings (SSSR count). The number of carbonyl (C=O) groups excluding carboxylic acids is 1. The fourth-order valence-corrected chi connectivity index (χ4v) is 6.57. The van der Waals surface area contributed by atoms with E-state index in [1.807, 2.05) is 60.7 Å². The van der Waals surface area contributed by atoms with E-state index in [-0.39, 0.29) is 30.4 Å². The molecular weight excluding hydrogens is 448 g/mol. The highest BCUT2D eigenvalue weighted by Gasteiger charge is 2.31. The van der Waals surface area contributed by atoms with Gasteiger partial charge in [0.15, 0.2) is 25.5 Å². The summed E-state index contributed by atoms with van der Waals surface area (Å²) in [7, 11) is -6.59. The summed E-state index contributed by atoms with van der Waals surface area (Å²) in [5.41, 5.74) is 1.50. The van der Waals surface area contributed by atoms with Gasteiger partial charge >= 0.3 is 0 Å². The van der Waals surface area contributed by atoms with Gasteiger partial charge in [-0.2, -0.15) is 0 Å². The Hall–Kier alpha value is -2.91. The maximum atomic E-state index is 13.2. The van der Waals surface area contributed by atoms with Crippen LogP contribution in [0.4, 0.5) is 11.4 Å². The monoisotopic (exact) mass is 472 g/mol.